The number of piperazine rings is 1. The zero-order valence-corrected chi connectivity index (χ0v) is 12.8. The number of rotatable bonds is 3. The third-order valence-electron chi connectivity index (χ3n) is 3.66. The summed E-state index contributed by atoms with van der Waals surface area (Å²) in [4.78, 5) is 7.24. The molecule has 2 rings (SSSR count). The topological polar surface area (TPSA) is 28.2 Å². The third-order valence-corrected chi connectivity index (χ3v) is 4.56. The van der Waals surface area contributed by atoms with Crippen molar-refractivity contribution < 1.29 is 0 Å². The molecule has 1 fully saturated rings. The van der Waals surface area contributed by atoms with Crippen LogP contribution in [-0.4, -0.2) is 42.6 Å². The van der Waals surface area contributed by atoms with Gasteiger partial charge in [0.05, 0.1) is 10.7 Å². The third kappa shape index (κ3) is 3.53. The first-order chi connectivity index (χ1) is 8.47. The lowest BCUT2D eigenvalue weighted by Gasteiger charge is -2.32. The van der Waals surface area contributed by atoms with Crippen LogP contribution in [0.5, 0.6) is 0 Å². The van der Waals surface area contributed by atoms with Gasteiger partial charge in [0.1, 0.15) is 0 Å². The molecule has 2 heterocycles. The smallest absolute Gasteiger partial charge is 0.0929 e. The molecule has 0 bridgehead atoms. The summed E-state index contributed by atoms with van der Waals surface area (Å²) in [5, 5.41) is 6.98. The molecule has 1 aromatic heterocycles. The molecule has 1 unspecified atom stereocenters. The van der Waals surface area contributed by atoms with Crippen LogP contribution in [0.25, 0.3) is 0 Å². The van der Waals surface area contributed by atoms with Gasteiger partial charge in [0, 0.05) is 42.9 Å². The van der Waals surface area contributed by atoms with Crippen molar-refractivity contribution in [3.05, 3.63) is 16.1 Å². The maximum Gasteiger partial charge on any atom is 0.0929 e. The molecule has 1 aliphatic heterocycles. The molecule has 4 heteroatoms. The number of thiazole rings is 1. The number of hydrogen-bond acceptors (Lipinski definition) is 4. The number of likely N-dealkylation sites (N-methyl/N-ethyl adjacent to an activating group) is 1. The van der Waals surface area contributed by atoms with E-state index in [2.05, 4.69) is 43.4 Å². The summed E-state index contributed by atoms with van der Waals surface area (Å²) in [6.45, 7) is 10.1. The molecule has 1 saturated heterocycles. The molecule has 0 saturated carbocycles. The predicted octanol–water partition coefficient (Wildman–Crippen LogP) is 2.28. The molecule has 1 atom stereocenters. The quantitative estimate of drug-likeness (QED) is 0.910. The van der Waals surface area contributed by atoms with Crippen molar-refractivity contribution in [2.24, 2.45) is 0 Å². The summed E-state index contributed by atoms with van der Waals surface area (Å²) in [6.07, 6.45) is 2.32. The molecule has 1 aromatic rings. The van der Waals surface area contributed by atoms with Crippen molar-refractivity contribution in [1.29, 1.82) is 0 Å². The lowest BCUT2D eigenvalue weighted by molar-refractivity contribution is 0.190. The van der Waals surface area contributed by atoms with Gasteiger partial charge in [0.2, 0.25) is 0 Å². The van der Waals surface area contributed by atoms with E-state index >= 15 is 0 Å². The van der Waals surface area contributed by atoms with E-state index in [0.717, 1.165) is 26.1 Å². The van der Waals surface area contributed by atoms with Crippen molar-refractivity contribution in [3.63, 3.8) is 0 Å². The second-order valence-corrected chi connectivity index (χ2v) is 7.20. The Labute approximate surface area is 115 Å². The number of nitrogens with one attached hydrogen (secondary N) is 1. The van der Waals surface area contributed by atoms with Crippen LogP contribution in [0.1, 0.15) is 37.9 Å². The van der Waals surface area contributed by atoms with Gasteiger partial charge in [-0.15, -0.1) is 11.3 Å². The minimum atomic E-state index is 0.179. The summed E-state index contributed by atoms with van der Waals surface area (Å²) in [5.41, 5.74) is 1.41. The van der Waals surface area contributed by atoms with Gasteiger partial charge < -0.3 is 10.2 Å². The highest BCUT2D eigenvalue weighted by Crippen LogP contribution is 2.24. The van der Waals surface area contributed by atoms with E-state index in [0.29, 0.717) is 6.04 Å². The van der Waals surface area contributed by atoms with E-state index in [4.69, 9.17) is 4.98 Å². The Balaban J connectivity index is 1.88. The number of aromatic nitrogens is 1. The largest absolute Gasteiger partial charge is 0.314 e. The molecule has 3 nitrogen and oxygen atoms in total. The molecule has 0 aliphatic carbocycles. The summed E-state index contributed by atoms with van der Waals surface area (Å²) in [7, 11) is 2.23. The molecule has 0 amide bonds. The fourth-order valence-corrected chi connectivity index (χ4v) is 3.29. The maximum absolute atomic E-state index is 4.77. The van der Waals surface area contributed by atoms with Crippen molar-refractivity contribution in [3.8, 4) is 0 Å². The maximum atomic E-state index is 4.77. The SMILES string of the molecule is CN1CCNCC1CCc1nc(C(C)(C)C)cs1. The average Bonchev–Trinajstić information content (AvgIpc) is 2.76. The molecule has 1 aliphatic rings. The Morgan fingerprint density at radius 2 is 2.28 bits per heavy atom. The molecule has 1 N–H and O–H groups in total. The minimum Gasteiger partial charge on any atom is -0.314 e. The second kappa shape index (κ2) is 5.68. The second-order valence-electron chi connectivity index (χ2n) is 6.25. The minimum absolute atomic E-state index is 0.179. The zero-order valence-electron chi connectivity index (χ0n) is 12.0. The van der Waals surface area contributed by atoms with Crippen LogP contribution in [-0.2, 0) is 11.8 Å². The van der Waals surface area contributed by atoms with E-state index < -0.39 is 0 Å². The fourth-order valence-electron chi connectivity index (χ4n) is 2.25. The van der Waals surface area contributed by atoms with E-state index in [9.17, 15) is 0 Å². The van der Waals surface area contributed by atoms with Crippen LogP contribution in [0.2, 0.25) is 0 Å². The Morgan fingerprint density at radius 3 is 2.89 bits per heavy atom. The summed E-state index contributed by atoms with van der Waals surface area (Å²) >= 11 is 1.82. The van der Waals surface area contributed by atoms with Crippen LogP contribution in [0.3, 0.4) is 0 Å². The van der Waals surface area contributed by atoms with Crippen LogP contribution in [0.15, 0.2) is 5.38 Å². The number of nitrogens with zero attached hydrogens (tertiary/aromatic N) is 2. The Morgan fingerprint density at radius 1 is 1.50 bits per heavy atom. The van der Waals surface area contributed by atoms with Gasteiger partial charge in [-0.1, -0.05) is 20.8 Å². The van der Waals surface area contributed by atoms with E-state index in [1.165, 1.54) is 17.1 Å². The normalized spacial score (nSPS) is 22.3. The van der Waals surface area contributed by atoms with Crippen molar-refractivity contribution >= 4 is 11.3 Å². The summed E-state index contributed by atoms with van der Waals surface area (Å²) in [5.74, 6) is 0. The number of aryl methyl sites for hydroxylation is 1. The molecular formula is C14H25N3S. The highest BCUT2D eigenvalue weighted by Gasteiger charge is 2.20. The standard InChI is InChI=1S/C14H25N3S/c1-14(2,3)12-10-18-13(16-12)6-5-11-9-15-7-8-17(11)4/h10-11,15H,5-9H2,1-4H3. The first-order valence-electron chi connectivity index (χ1n) is 6.82. The average molecular weight is 267 g/mol. The molecule has 18 heavy (non-hydrogen) atoms. The van der Waals surface area contributed by atoms with Gasteiger partial charge >= 0.3 is 0 Å². The summed E-state index contributed by atoms with van der Waals surface area (Å²) < 4.78 is 0. The lowest BCUT2D eigenvalue weighted by atomic mass is 9.93. The summed E-state index contributed by atoms with van der Waals surface area (Å²) in [6, 6.07) is 0.667. The van der Waals surface area contributed by atoms with E-state index in [1.807, 2.05) is 11.3 Å². The van der Waals surface area contributed by atoms with Crippen LogP contribution >= 0.6 is 11.3 Å². The molecule has 0 aromatic carbocycles. The van der Waals surface area contributed by atoms with Crippen LogP contribution < -0.4 is 5.32 Å². The van der Waals surface area contributed by atoms with Gasteiger partial charge in [-0.05, 0) is 13.5 Å². The van der Waals surface area contributed by atoms with Gasteiger partial charge in [-0.25, -0.2) is 4.98 Å². The monoisotopic (exact) mass is 267 g/mol. The van der Waals surface area contributed by atoms with Crippen molar-refractivity contribution in [2.75, 3.05) is 26.7 Å². The first kappa shape index (κ1) is 14.0. The van der Waals surface area contributed by atoms with E-state index in [1.54, 1.807) is 0 Å². The zero-order chi connectivity index (χ0) is 13.2. The van der Waals surface area contributed by atoms with Crippen LogP contribution in [0, 0.1) is 0 Å². The first-order valence-corrected chi connectivity index (χ1v) is 7.70. The van der Waals surface area contributed by atoms with Gasteiger partial charge in [0.25, 0.3) is 0 Å². The fraction of sp³-hybridized carbons (Fsp3) is 0.786. The highest BCUT2D eigenvalue weighted by molar-refractivity contribution is 7.09. The van der Waals surface area contributed by atoms with Gasteiger partial charge in [0.15, 0.2) is 0 Å². The highest BCUT2D eigenvalue weighted by atomic mass is 32.1. The Hall–Kier alpha value is -0.450. The van der Waals surface area contributed by atoms with Gasteiger partial charge in [-0.2, -0.15) is 0 Å². The molecule has 0 spiro atoms. The molecular weight excluding hydrogens is 242 g/mol. The molecule has 102 valence electrons. The van der Waals surface area contributed by atoms with Crippen molar-refractivity contribution in [1.82, 2.24) is 15.2 Å². The van der Waals surface area contributed by atoms with Crippen molar-refractivity contribution in [2.45, 2.75) is 45.1 Å². The number of hydrogen-bond donors (Lipinski definition) is 1. The molecule has 0 radical (unpaired) electrons. The Kier molecular flexibility index (Phi) is 4.41. The predicted molar refractivity (Wildman–Crippen MR) is 78.4 cm³/mol. The van der Waals surface area contributed by atoms with Gasteiger partial charge in [-0.3, -0.25) is 0 Å². The Bertz CT molecular complexity index is 381. The van der Waals surface area contributed by atoms with Crippen LogP contribution in [0.4, 0.5) is 0 Å². The van der Waals surface area contributed by atoms with E-state index in [-0.39, 0.29) is 5.41 Å². The lowest BCUT2D eigenvalue weighted by Crippen LogP contribution is -2.49.